The van der Waals surface area contributed by atoms with Crippen molar-refractivity contribution in [2.75, 3.05) is 4.72 Å². The zero-order valence-electron chi connectivity index (χ0n) is 17.1. The maximum absolute atomic E-state index is 12.6. The first-order valence-electron chi connectivity index (χ1n) is 9.26. The van der Waals surface area contributed by atoms with Gasteiger partial charge in [-0.25, -0.2) is 16.8 Å². The van der Waals surface area contributed by atoms with Crippen molar-refractivity contribution < 1.29 is 21.6 Å². The molecule has 0 aliphatic rings. The SMILES string of the molecule is Cc1ccc(C)c(S(=O)(=O)NNC(=O)c2cccc(S(=O)(=O)Nc3ccc(Cl)cc3)c2)c1. The lowest BCUT2D eigenvalue weighted by Crippen LogP contribution is -2.41. The highest BCUT2D eigenvalue weighted by Gasteiger charge is 2.20. The Morgan fingerprint density at radius 3 is 2.22 bits per heavy atom. The summed E-state index contributed by atoms with van der Waals surface area (Å²) in [5.74, 6) is -0.817. The number of hydrogen-bond donors (Lipinski definition) is 3. The van der Waals surface area contributed by atoms with Gasteiger partial charge in [0.1, 0.15) is 0 Å². The van der Waals surface area contributed by atoms with Gasteiger partial charge in [0.15, 0.2) is 0 Å². The minimum atomic E-state index is -4.02. The lowest BCUT2D eigenvalue weighted by Gasteiger charge is -2.12. The Hall–Kier alpha value is -2.92. The Morgan fingerprint density at radius 2 is 1.53 bits per heavy atom. The number of halogens is 1. The summed E-state index contributed by atoms with van der Waals surface area (Å²) in [7, 11) is -8.01. The molecule has 3 aromatic carbocycles. The van der Waals surface area contributed by atoms with E-state index in [1.165, 1.54) is 48.5 Å². The van der Waals surface area contributed by atoms with E-state index >= 15 is 0 Å². The lowest BCUT2D eigenvalue weighted by molar-refractivity contribution is 0.0945. The number of nitrogens with one attached hydrogen (secondary N) is 3. The van der Waals surface area contributed by atoms with Crippen molar-refractivity contribution in [3.63, 3.8) is 0 Å². The van der Waals surface area contributed by atoms with Crippen LogP contribution in [0.4, 0.5) is 5.69 Å². The molecule has 0 unspecified atom stereocenters. The summed E-state index contributed by atoms with van der Waals surface area (Å²) < 4.78 is 52.8. The van der Waals surface area contributed by atoms with Crippen molar-refractivity contribution >= 4 is 43.2 Å². The first-order chi connectivity index (χ1) is 15.0. The fourth-order valence-electron chi connectivity index (χ4n) is 2.77. The molecular formula is C21H20ClN3O5S2. The van der Waals surface area contributed by atoms with Gasteiger partial charge >= 0.3 is 0 Å². The predicted octanol–water partition coefficient (Wildman–Crippen LogP) is 3.38. The second kappa shape index (κ2) is 9.29. The maximum Gasteiger partial charge on any atom is 0.266 e. The second-order valence-electron chi connectivity index (χ2n) is 6.97. The van der Waals surface area contributed by atoms with Crippen molar-refractivity contribution in [3.8, 4) is 0 Å². The fourth-order valence-corrected chi connectivity index (χ4v) is 5.17. The molecule has 3 aromatic rings. The summed E-state index contributed by atoms with van der Waals surface area (Å²) in [5, 5.41) is 0.454. The van der Waals surface area contributed by atoms with Crippen molar-refractivity contribution in [2.45, 2.75) is 23.6 Å². The van der Waals surface area contributed by atoms with Gasteiger partial charge in [-0.1, -0.05) is 29.8 Å². The number of sulfonamides is 2. The van der Waals surface area contributed by atoms with Crippen LogP contribution in [-0.2, 0) is 20.0 Å². The van der Waals surface area contributed by atoms with E-state index in [1.807, 2.05) is 4.83 Å². The van der Waals surface area contributed by atoms with Crippen LogP contribution < -0.4 is 15.0 Å². The van der Waals surface area contributed by atoms with Crippen LogP contribution in [-0.4, -0.2) is 22.7 Å². The molecule has 0 spiro atoms. The molecule has 0 aromatic heterocycles. The molecule has 0 aliphatic carbocycles. The van der Waals surface area contributed by atoms with E-state index in [-0.39, 0.29) is 15.4 Å². The fraction of sp³-hybridized carbons (Fsp3) is 0.0952. The van der Waals surface area contributed by atoms with E-state index in [0.717, 1.165) is 11.6 Å². The minimum absolute atomic E-state index is 0.0290. The molecule has 0 saturated carbocycles. The number of rotatable bonds is 7. The first kappa shape index (κ1) is 23.7. The molecule has 8 nitrogen and oxygen atoms in total. The van der Waals surface area contributed by atoms with Crippen LogP contribution in [0, 0.1) is 13.8 Å². The number of hydrazine groups is 1. The standard InChI is InChI=1S/C21H20ClN3O5S2/c1-14-6-7-15(2)20(12-14)32(29,30)25-23-21(26)16-4-3-5-19(13-16)31(27,28)24-18-10-8-17(22)9-11-18/h3-13,24-25H,1-2H3,(H,23,26). The number of carbonyl (C=O) groups excluding carboxylic acids is 1. The summed E-state index contributed by atoms with van der Waals surface area (Å²) in [6, 6.07) is 16.2. The van der Waals surface area contributed by atoms with Crippen molar-refractivity contribution in [3.05, 3.63) is 88.4 Å². The van der Waals surface area contributed by atoms with Gasteiger partial charge in [-0.3, -0.25) is 14.9 Å². The molecule has 3 N–H and O–H groups in total. The Kier molecular flexibility index (Phi) is 6.89. The molecule has 0 saturated heterocycles. The molecule has 11 heteroatoms. The zero-order valence-corrected chi connectivity index (χ0v) is 19.5. The number of hydrogen-bond acceptors (Lipinski definition) is 5. The average Bonchev–Trinajstić information content (AvgIpc) is 2.75. The van der Waals surface area contributed by atoms with Crippen LogP contribution in [0.1, 0.15) is 21.5 Å². The third-order valence-corrected chi connectivity index (χ3v) is 7.46. The molecule has 3 rings (SSSR count). The van der Waals surface area contributed by atoms with Crippen molar-refractivity contribution in [1.82, 2.24) is 10.3 Å². The highest BCUT2D eigenvalue weighted by atomic mass is 35.5. The number of amides is 1. The Labute approximate surface area is 191 Å². The molecule has 0 bridgehead atoms. The van der Waals surface area contributed by atoms with E-state index in [4.69, 9.17) is 11.6 Å². The molecule has 0 fully saturated rings. The van der Waals surface area contributed by atoms with Crippen molar-refractivity contribution in [2.24, 2.45) is 0 Å². The van der Waals surface area contributed by atoms with Crippen LogP contribution in [0.3, 0.4) is 0 Å². The van der Waals surface area contributed by atoms with E-state index < -0.39 is 26.0 Å². The monoisotopic (exact) mass is 493 g/mol. The van der Waals surface area contributed by atoms with E-state index in [2.05, 4.69) is 10.1 Å². The summed E-state index contributed by atoms with van der Waals surface area (Å²) in [5.41, 5.74) is 3.62. The van der Waals surface area contributed by atoms with Gasteiger partial charge in [0, 0.05) is 16.3 Å². The first-order valence-corrected chi connectivity index (χ1v) is 12.6. The minimum Gasteiger partial charge on any atom is -0.280 e. The Bertz CT molecular complexity index is 1370. The smallest absolute Gasteiger partial charge is 0.266 e. The van der Waals surface area contributed by atoms with Gasteiger partial charge in [-0.05, 0) is 73.5 Å². The zero-order chi connectivity index (χ0) is 23.5. The highest BCUT2D eigenvalue weighted by molar-refractivity contribution is 7.92. The molecule has 0 atom stereocenters. The van der Waals surface area contributed by atoms with Crippen molar-refractivity contribution in [1.29, 1.82) is 0 Å². The van der Waals surface area contributed by atoms with Gasteiger partial charge in [-0.2, -0.15) is 0 Å². The number of carbonyl (C=O) groups is 1. The number of aryl methyl sites for hydroxylation is 2. The topological polar surface area (TPSA) is 121 Å². The molecule has 1 amide bonds. The molecular weight excluding hydrogens is 474 g/mol. The average molecular weight is 494 g/mol. The molecule has 0 radical (unpaired) electrons. The number of benzene rings is 3. The van der Waals surface area contributed by atoms with Gasteiger partial charge in [-0.15, -0.1) is 4.83 Å². The van der Waals surface area contributed by atoms with Gasteiger partial charge in [0.05, 0.1) is 9.79 Å². The summed E-state index contributed by atoms with van der Waals surface area (Å²) in [4.78, 5) is 14.4. The number of anilines is 1. The molecule has 0 heterocycles. The largest absolute Gasteiger partial charge is 0.280 e. The van der Waals surface area contributed by atoms with E-state index in [9.17, 15) is 21.6 Å². The highest BCUT2D eigenvalue weighted by Crippen LogP contribution is 2.20. The van der Waals surface area contributed by atoms with E-state index in [1.54, 1.807) is 26.0 Å². The Morgan fingerprint density at radius 1 is 0.844 bits per heavy atom. The third-order valence-electron chi connectivity index (χ3n) is 4.44. The van der Waals surface area contributed by atoms with Gasteiger partial charge in [0.25, 0.3) is 26.0 Å². The van der Waals surface area contributed by atoms with Gasteiger partial charge in [0.2, 0.25) is 0 Å². The Balaban J connectivity index is 1.76. The van der Waals surface area contributed by atoms with Crippen LogP contribution >= 0.6 is 11.6 Å². The van der Waals surface area contributed by atoms with Crippen LogP contribution in [0.2, 0.25) is 5.02 Å². The lowest BCUT2D eigenvalue weighted by atomic mass is 10.2. The molecule has 168 valence electrons. The summed E-state index contributed by atoms with van der Waals surface area (Å²) in [6.07, 6.45) is 0. The third kappa shape index (κ3) is 5.65. The van der Waals surface area contributed by atoms with E-state index in [0.29, 0.717) is 16.3 Å². The quantitative estimate of drug-likeness (QED) is 0.435. The molecule has 0 aliphatic heterocycles. The summed E-state index contributed by atoms with van der Waals surface area (Å²) in [6.45, 7) is 3.39. The maximum atomic E-state index is 12.6. The molecule has 32 heavy (non-hydrogen) atoms. The summed E-state index contributed by atoms with van der Waals surface area (Å²) >= 11 is 5.80. The van der Waals surface area contributed by atoms with Crippen LogP contribution in [0.15, 0.2) is 76.5 Å². The second-order valence-corrected chi connectivity index (χ2v) is 10.7. The predicted molar refractivity (Wildman–Crippen MR) is 122 cm³/mol. The van der Waals surface area contributed by atoms with Crippen LogP contribution in [0.5, 0.6) is 0 Å². The normalized spacial score (nSPS) is 11.7. The van der Waals surface area contributed by atoms with Crippen LogP contribution in [0.25, 0.3) is 0 Å². The van der Waals surface area contributed by atoms with Gasteiger partial charge < -0.3 is 0 Å².